The number of hydrogen-bond donors (Lipinski definition) is 1. The summed E-state index contributed by atoms with van der Waals surface area (Å²) in [5, 5.41) is 12.5. The second kappa shape index (κ2) is 10.9. The molecule has 0 spiro atoms. The summed E-state index contributed by atoms with van der Waals surface area (Å²) in [5.74, 6) is 1.79. The van der Waals surface area contributed by atoms with E-state index >= 15 is 0 Å². The molecule has 0 aliphatic rings. The van der Waals surface area contributed by atoms with E-state index in [0.29, 0.717) is 36.9 Å². The van der Waals surface area contributed by atoms with Crippen molar-refractivity contribution >= 4 is 17.7 Å². The van der Waals surface area contributed by atoms with E-state index in [1.54, 1.807) is 18.9 Å². The van der Waals surface area contributed by atoms with Crippen LogP contribution in [0.15, 0.2) is 59.8 Å². The number of nitrogens with one attached hydrogen (secondary N) is 1. The molecule has 0 bridgehead atoms. The van der Waals surface area contributed by atoms with E-state index in [0.717, 1.165) is 16.5 Å². The Kier molecular flexibility index (Phi) is 8.04. The van der Waals surface area contributed by atoms with Crippen molar-refractivity contribution in [2.24, 2.45) is 5.92 Å². The van der Waals surface area contributed by atoms with Crippen molar-refractivity contribution in [3.8, 4) is 0 Å². The summed E-state index contributed by atoms with van der Waals surface area (Å²) in [6.07, 6.45) is 0. The predicted molar refractivity (Wildman–Crippen MR) is 119 cm³/mol. The normalized spacial score (nSPS) is 11.1. The second-order valence-corrected chi connectivity index (χ2v) is 8.40. The van der Waals surface area contributed by atoms with Crippen LogP contribution >= 0.6 is 11.8 Å². The number of hydrogen-bond acceptors (Lipinski definition) is 5. The molecule has 0 saturated heterocycles. The van der Waals surface area contributed by atoms with Crippen LogP contribution in [0.1, 0.15) is 41.2 Å². The molecular weight excluding hydrogens is 396 g/mol. The number of ether oxygens (including phenoxy) is 1. The number of methoxy groups -OCH3 is 1. The third-order valence-corrected chi connectivity index (χ3v) is 5.56. The van der Waals surface area contributed by atoms with Gasteiger partial charge >= 0.3 is 0 Å². The summed E-state index contributed by atoms with van der Waals surface area (Å²) in [4.78, 5) is 12.6. The summed E-state index contributed by atoms with van der Waals surface area (Å²) in [7, 11) is 1.65. The van der Waals surface area contributed by atoms with E-state index in [4.69, 9.17) is 4.74 Å². The third kappa shape index (κ3) is 5.93. The molecule has 2 aromatic carbocycles. The van der Waals surface area contributed by atoms with Crippen molar-refractivity contribution in [1.82, 2.24) is 20.1 Å². The molecule has 0 atom stereocenters. The van der Waals surface area contributed by atoms with Gasteiger partial charge in [-0.05, 0) is 23.1 Å². The summed E-state index contributed by atoms with van der Waals surface area (Å²) in [6.45, 7) is 5.89. The number of amides is 1. The summed E-state index contributed by atoms with van der Waals surface area (Å²) in [6, 6.07) is 17.9. The number of carbonyl (C=O) groups excluding carboxylic acids is 1. The average molecular weight is 425 g/mol. The van der Waals surface area contributed by atoms with E-state index in [1.165, 1.54) is 5.56 Å². The fourth-order valence-electron chi connectivity index (χ4n) is 2.99. The van der Waals surface area contributed by atoms with Crippen LogP contribution in [0.25, 0.3) is 0 Å². The minimum absolute atomic E-state index is 0.0364. The van der Waals surface area contributed by atoms with Crippen molar-refractivity contribution in [1.29, 1.82) is 0 Å². The molecule has 6 nitrogen and oxygen atoms in total. The Labute approximate surface area is 182 Å². The molecule has 1 amide bonds. The van der Waals surface area contributed by atoms with E-state index in [-0.39, 0.29) is 5.91 Å². The first-order valence-electron chi connectivity index (χ1n) is 10.0. The Morgan fingerprint density at radius 2 is 1.83 bits per heavy atom. The Bertz CT molecular complexity index is 957. The molecule has 0 aliphatic heterocycles. The van der Waals surface area contributed by atoms with E-state index < -0.39 is 0 Å². The van der Waals surface area contributed by atoms with Gasteiger partial charge in [-0.15, -0.1) is 10.2 Å². The first kappa shape index (κ1) is 22.1. The van der Waals surface area contributed by atoms with Crippen LogP contribution in [0.4, 0.5) is 0 Å². The minimum Gasteiger partial charge on any atom is -0.377 e. The van der Waals surface area contributed by atoms with Gasteiger partial charge in [0.05, 0.1) is 6.54 Å². The molecule has 1 aromatic heterocycles. The van der Waals surface area contributed by atoms with Crippen molar-refractivity contribution in [2.45, 2.75) is 37.9 Å². The molecular formula is C23H28N4O2S. The summed E-state index contributed by atoms with van der Waals surface area (Å²) < 4.78 is 7.37. The zero-order valence-corrected chi connectivity index (χ0v) is 18.5. The van der Waals surface area contributed by atoms with Gasteiger partial charge in [-0.1, -0.05) is 74.1 Å². The van der Waals surface area contributed by atoms with E-state index in [2.05, 4.69) is 46.1 Å². The summed E-state index contributed by atoms with van der Waals surface area (Å²) in [5.41, 5.74) is 2.85. The standard InChI is InChI=1S/C23H28N4O2S/c1-17(2)13-24-22(28)20-12-8-7-11-19(20)16-30-23-26-25-21(15-29-3)27(23)14-18-9-5-4-6-10-18/h4-12,17H,13-16H2,1-3H3,(H,24,28). The molecule has 0 unspecified atom stereocenters. The second-order valence-electron chi connectivity index (χ2n) is 7.45. The zero-order valence-electron chi connectivity index (χ0n) is 17.7. The maximum absolute atomic E-state index is 12.6. The van der Waals surface area contributed by atoms with Gasteiger partial charge in [0, 0.05) is 25.0 Å². The highest BCUT2D eigenvalue weighted by Gasteiger charge is 2.16. The van der Waals surface area contributed by atoms with Crippen LogP contribution in [0.2, 0.25) is 0 Å². The van der Waals surface area contributed by atoms with Crippen molar-refractivity contribution in [3.05, 3.63) is 77.1 Å². The number of aromatic nitrogens is 3. The molecule has 3 rings (SSSR count). The molecule has 7 heteroatoms. The maximum Gasteiger partial charge on any atom is 0.251 e. The number of nitrogens with zero attached hydrogens (tertiary/aromatic N) is 3. The molecule has 0 saturated carbocycles. The highest BCUT2D eigenvalue weighted by Crippen LogP contribution is 2.25. The van der Waals surface area contributed by atoms with Gasteiger partial charge in [-0.3, -0.25) is 9.36 Å². The van der Waals surface area contributed by atoms with Crippen molar-refractivity contribution < 1.29 is 9.53 Å². The van der Waals surface area contributed by atoms with Crippen LogP contribution < -0.4 is 5.32 Å². The lowest BCUT2D eigenvalue weighted by molar-refractivity contribution is 0.0948. The molecule has 3 aromatic rings. The largest absolute Gasteiger partial charge is 0.377 e. The number of benzene rings is 2. The Balaban J connectivity index is 1.77. The topological polar surface area (TPSA) is 69.0 Å². The van der Waals surface area contributed by atoms with Crippen molar-refractivity contribution in [2.75, 3.05) is 13.7 Å². The van der Waals surface area contributed by atoms with Gasteiger partial charge in [-0.25, -0.2) is 0 Å². The number of thioether (sulfide) groups is 1. The fourth-order valence-corrected chi connectivity index (χ4v) is 3.95. The van der Waals surface area contributed by atoms with Crippen molar-refractivity contribution in [3.63, 3.8) is 0 Å². The number of carbonyl (C=O) groups is 1. The van der Waals surface area contributed by atoms with Gasteiger partial charge in [0.15, 0.2) is 11.0 Å². The molecule has 1 heterocycles. The smallest absolute Gasteiger partial charge is 0.251 e. The van der Waals surface area contributed by atoms with Gasteiger partial charge < -0.3 is 10.1 Å². The molecule has 1 N–H and O–H groups in total. The lowest BCUT2D eigenvalue weighted by Gasteiger charge is -2.12. The van der Waals surface area contributed by atoms with E-state index in [9.17, 15) is 4.79 Å². The van der Waals surface area contributed by atoms with Crippen LogP contribution in [0.5, 0.6) is 0 Å². The monoisotopic (exact) mass is 424 g/mol. The fraction of sp³-hybridized carbons (Fsp3) is 0.348. The maximum atomic E-state index is 12.6. The SMILES string of the molecule is COCc1nnc(SCc2ccccc2C(=O)NCC(C)C)n1Cc1ccccc1. The average Bonchev–Trinajstić information content (AvgIpc) is 3.13. The summed E-state index contributed by atoms with van der Waals surface area (Å²) >= 11 is 1.58. The van der Waals surface area contributed by atoms with Crippen LogP contribution in [0, 0.1) is 5.92 Å². The van der Waals surface area contributed by atoms with E-state index in [1.807, 2.05) is 42.5 Å². The molecule has 0 fully saturated rings. The molecule has 0 radical (unpaired) electrons. The predicted octanol–water partition coefficient (Wildman–Crippen LogP) is 4.15. The van der Waals surface area contributed by atoms with Crippen LogP contribution in [0.3, 0.4) is 0 Å². The molecule has 158 valence electrons. The van der Waals surface area contributed by atoms with Gasteiger partial charge in [0.1, 0.15) is 6.61 Å². The molecule has 30 heavy (non-hydrogen) atoms. The van der Waals surface area contributed by atoms with Gasteiger partial charge in [-0.2, -0.15) is 0 Å². The first-order valence-corrected chi connectivity index (χ1v) is 11.0. The van der Waals surface area contributed by atoms with Gasteiger partial charge in [0.2, 0.25) is 0 Å². The lowest BCUT2D eigenvalue weighted by Crippen LogP contribution is -2.28. The van der Waals surface area contributed by atoms with Crippen LogP contribution in [-0.2, 0) is 23.6 Å². The highest BCUT2D eigenvalue weighted by atomic mass is 32.2. The quantitative estimate of drug-likeness (QED) is 0.495. The van der Waals surface area contributed by atoms with Gasteiger partial charge in [0.25, 0.3) is 5.91 Å². The Hall–Kier alpha value is -2.64. The minimum atomic E-state index is -0.0364. The Morgan fingerprint density at radius 3 is 2.57 bits per heavy atom. The zero-order chi connectivity index (χ0) is 21.3. The third-order valence-electron chi connectivity index (χ3n) is 4.54. The highest BCUT2D eigenvalue weighted by molar-refractivity contribution is 7.98. The lowest BCUT2D eigenvalue weighted by atomic mass is 10.1. The Morgan fingerprint density at radius 1 is 1.10 bits per heavy atom. The molecule has 0 aliphatic carbocycles. The number of rotatable bonds is 10. The first-order chi connectivity index (χ1) is 14.6. The van der Waals surface area contributed by atoms with Crippen LogP contribution in [-0.4, -0.2) is 34.3 Å².